The van der Waals surface area contributed by atoms with Crippen LogP contribution in [0.4, 0.5) is 14.9 Å². The highest BCUT2D eigenvalue weighted by molar-refractivity contribution is 7.90. The summed E-state index contributed by atoms with van der Waals surface area (Å²) in [6, 6.07) is 3.89. The van der Waals surface area contributed by atoms with Crippen LogP contribution < -0.4 is 11.1 Å². The average Bonchev–Trinajstić information content (AvgIpc) is 2.60. The summed E-state index contributed by atoms with van der Waals surface area (Å²) in [5, 5.41) is 1.29. The van der Waals surface area contributed by atoms with Gasteiger partial charge in [0.25, 0.3) is 0 Å². The first-order valence-electron chi connectivity index (χ1n) is 9.08. The third-order valence-electron chi connectivity index (χ3n) is 4.79. The lowest BCUT2D eigenvalue weighted by molar-refractivity contribution is 0.0352. The molecule has 2 heterocycles. The third-order valence-corrected chi connectivity index (χ3v) is 7.07. The molecule has 0 aromatic heterocycles. The zero-order valence-electron chi connectivity index (χ0n) is 16.7. The van der Waals surface area contributed by atoms with Gasteiger partial charge < -0.3 is 15.2 Å². The minimum Gasteiger partial charge on any atom is -0.444 e. The van der Waals surface area contributed by atoms with Crippen molar-refractivity contribution in [2.45, 2.75) is 43.6 Å². The van der Waals surface area contributed by atoms with Gasteiger partial charge in [-0.25, -0.2) is 26.9 Å². The Balaban J connectivity index is 2.15. The van der Waals surface area contributed by atoms with Crippen LogP contribution in [0.1, 0.15) is 32.8 Å². The smallest absolute Gasteiger partial charge is 0.414 e. The van der Waals surface area contributed by atoms with Crippen LogP contribution in [0.25, 0.3) is 0 Å². The Kier molecular flexibility index (Phi) is 5.24. The number of halogens is 1. The van der Waals surface area contributed by atoms with E-state index in [1.165, 1.54) is 19.2 Å². The molecule has 0 radical (unpaired) electrons. The van der Waals surface area contributed by atoms with E-state index < -0.39 is 38.3 Å². The van der Waals surface area contributed by atoms with E-state index in [1.807, 2.05) is 0 Å². The molecule has 0 spiro atoms. The van der Waals surface area contributed by atoms with Crippen LogP contribution in [0.15, 0.2) is 23.2 Å². The number of aliphatic imine (C=N–C) groups is 1. The molecule has 0 saturated carbocycles. The van der Waals surface area contributed by atoms with Crippen molar-refractivity contribution in [3.05, 3.63) is 29.6 Å². The van der Waals surface area contributed by atoms with E-state index in [1.54, 1.807) is 20.8 Å². The van der Waals surface area contributed by atoms with E-state index in [0.29, 0.717) is 0 Å². The van der Waals surface area contributed by atoms with Gasteiger partial charge in [0, 0.05) is 24.9 Å². The molecule has 1 aromatic carbocycles. The van der Waals surface area contributed by atoms with Crippen LogP contribution in [0.5, 0.6) is 0 Å². The Bertz CT molecular complexity index is 959. The van der Waals surface area contributed by atoms with Gasteiger partial charge in [0.1, 0.15) is 22.2 Å². The Morgan fingerprint density at radius 3 is 2.79 bits per heavy atom. The number of hydrogen-bond donors (Lipinski definition) is 2. The number of hydrogen-bond acceptors (Lipinski definition) is 7. The van der Waals surface area contributed by atoms with Gasteiger partial charge in [-0.2, -0.15) is 0 Å². The molecule has 29 heavy (non-hydrogen) atoms. The largest absolute Gasteiger partial charge is 0.444 e. The molecule has 1 fully saturated rings. The van der Waals surface area contributed by atoms with Crippen molar-refractivity contribution in [1.82, 2.24) is 9.62 Å². The van der Waals surface area contributed by atoms with E-state index >= 15 is 0 Å². The first-order valence-corrected chi connectivity index (χ1v) is 10.6. The summed E-state index contributed by atoms with van der Waals surface area (Å²) in [7, 11) is -2.71. The average molecular weight is 428 g/mol. The van der Waals surface area contributed by atoms with Gasteiger partial charge in [-0.1, -0.05) is 0 Å². The molecule has 2 atom stereocenters. The number of nitrogens with zero attached hydrogens (tertiary/aromatic N) is 2. The molecule has 1 aromatic rings. The standard InChI is InChI=1S/C18H25FN4O5S/c1-17(2,3)28-16(24)21-15-22-18(12-9-11(20)5-6-13(12)19)10-27-8-7-14(18)29(25,26)23(15)4/h5-6,9,14H,7-8,10,20H2,1-4H3,(H,21,22,24). The second kappa shape index (κ2) is 7.13. The molecule has 2 unspecified atom stereocenters. The monoisotopic (exact) mass is 428 g/mol. The number of carbonyl (C=O) groups is 1. The molecule has 11 heteroatoms. The Morgan fingerprint density at radius 2 is 2.14 bits per heavy atom. The number of alkyl carbamates (subject to hydrolysis) is 1. The van der Waals surface area contributed by atoms with E-state index in [4.69, 9.17) is 15.2 Å². The van der Waals surface area contributed by atoms with Gasteiger partial charge in [0.2, 0.25) is 16.0 Å². The zero-order valence-corrected chi connectivity index (χ0v) is 17.5. The molecule has 0 bridgehead atoms. The lowest BCUT2D eigenvalue weighted by atomic mass is 9.84. The van der Waals surface area contributed by atoms with E-state index in [9.17, 15) is 17.6 Å². The highest BCUT2D eigenvalue weighted by Gasteiger charge is 2.56. The number of anilines is 1. The van der Waals surface area contributed by atoms with Crippen molar-refractivity contribution in [3.8, 4) is 0 Å². The van der Waals surface area contributed by atoms with Gasteiger partial charge in [-0.15, -0.1) is 0 Å². The number of fused-ring (bicyclic) bond motifs is 1. The van der Waals surface area contributed by atoms with Gasteiger partial charge in [-0.05, 0) is 45.4 Å². The van der Waals surface area contributed by atoms with Gasteiger partial charge in [0.15, 0.2) is 0 Å². The molecule has 1 amide bonds. The maximum absolute atomic E-state index is 14.8. The molecule has 0 aliphatic carbocycles. The molecule has 2 aliphatic heterocycles. The molecule has 2 aliphatic rings. The van der Waals surface area contributed by atoms with Crippen molar-refractivity contribution in [1.29, 1.82) is 0 Å². The Labute approximate surface area is 169 Å². The molecule has 9 nitrogen and oxygen atoms in total. The summed E-state index contributed by atoms with van der Waals surface area (Å²) in [5.41, 5.74) is 3.70. The summed E-state index contributed by atoms with van der Waals surface area (Å²) in [5.74, 6) is -0.933. The van der Waals surface area contributed by atoms with Crippen LogP contribution in [0.2, 0.25) is 0 Å². The molecular weight excluding hydrogens is 403 g/mol. The highest BCUT2D eigenvalue weighted by Crippen LogP contribution is 2.44. The predicted octanol–water partition coefficient (Wildman–Crippen LogP) is 1.55. The Morgan fingerprint density at radius 1 is 1.45 bits per heavy atom. The van der Waals surface area contributed by atoms with Crippen LogP contribution >= 0.6 is 0 Å². The normalized spacial score (nSPS) is 26.3. The summed E-state index contributed by atoms with van der Waals surface area (Å²) < 4.78 is 52.9. The number of nitrogen functional groups attached to an aromatic ring is 1. The van der Waals surface area contributed by atoms with Gasteiger partial charge in [-0.3, -0.25) is 5.32 Å². The number of ether oxygens (including phenoxy) is 2. The maximum Gasteiger partial charge on any atom is 0.414 e. The lowest BCUT2D eigenvalue weighted by Gasteiger charge is -2.46. The number of nitrogens with one attached hydrogen (secondary N) is 1. The van der Waals surface area contributed by atoms with Crippen LogP contribution in [0, 0.1) is 5.82 Å². The predicted molar refractivity (Wildman–Crippen MR) is 105 cm³/mol. The zero-order chi connectivity index (χ0) is 21.6. The van der Waals surface area contributed by atoms with Crippen LogP contribution in [0.3, 0.4) is 0 Å². The minimum absolute atomic E-state index is 0.00219. The highest BCUT2D eigenvalue weighted by atomic mass is 32.2. The fraction of sp³-hybridized carbons (Fsp3) is 0.556. The van der Waals surface area contributed by atoms with Crippen molar-refractivity contribution < 1.29 is 27.1 Å². The van der Waals surface area contributed by atoms with Crippen molar-refractivity contribution >= 4 is 27.8 Å². The summed E-state index contributed by atoms with van der Waals surface area (Å²) in [4.78, 5) is 16.7. The molecule has 160 valence electrons. The van der Waals surface area contributed by atoms with Crippen LogP contribution in [-0.4, -0.2) is 55.9 Å². The second-order valence-corrected chi connectivity index (χ2v) is 10.2. The quantitative estimate of drug-likeness (QED) is 0.654. The van der Waals surface area contributed by atoms with E-state index in [-0.39, 0.29) is 36.8 Å². The first-order chi connectivity index (χ1) is 13.4. The molecule has 1 saturated heterocycles. The number of carbonyl (C=O) groups excluding carboxylic acids is 1. The van der Waals surface area contributed by atoms with E-state index in [2.05, 4.69) is 10.3 Å². The number of sulfonamides is 1. The number of nitrogens with two attached hydrogens (primary N) is 1. The third kappa shape index (κ3) is 3.88. The summed E-state index contributed by atoms with van der Waals surface area (Å²) >= 11 is 0. The maximum atomic E-state index is 14.8. The van der Waals surface area contributed by atoms with Gasteiger partial charge >= 0.3 is 6.09 Å². The minimum atomic E-state index is -3.99. The Hall–Kier alpha value is -2.40. The number of rotatable bonds is 1. The summed E-state index contributed by atoms with van der Waals surface area (Å²) in [6.45, 7) is 5.03. The lowest BCUT2D eigenvalue weighted by Crippen LogP contribution is -2.62. The molecular formula is C18H25FN4O5S. The SMILES string of the molecule is CN1C(NC(=O)OC(C)(C)C)=NC2(c3cc(N)ccc3F)COCCC2S1(=O)=O. The van der Waals surface area contributed by atoms with E-state index in [0.717, 1.165) is 10.4 Å². The fourth-order valence-corrected chi connectivity index (χ4v) is 5.35. The first kappa shape index (κ1) is 21.3. The van der Waals surface area contributed by atoms with Crippen molar-refractivity contribution in [2.24, 2.45) is 4.99 Å². The molecule has 3 rings (SSSR count). The van der Waals surface area contributed by atoms with Crippen molar-refractivity contribution in [2.75, 3.05) is 26.0 Å². The van der Waals surface area contributed by atoms with Gasteiger partial charge in [0.05, 0.1) is 6.61 Å². The summed E-state index contributed by atoms with van der Waals surface area (Å²) in [6.07, 6.45) is -0.763. The number of benzene rings is 1. The number of guanidine groups is 1. The molecule has 3 N–H and O–H groups in total. The van der Waals surface area contributed by atoms with Crippen molar-refractivity contribution in [3.63, 3.8) is 0 Å². The topological polar surface area (TPSA) is 123 Å². The van der Waals surface area contributed by atoms with Crippen LogP contribution in [-0.2, 0) is 25.0 Å². The fourth-order valence-electron chi connectivity index (χ4n) is 3.51. The second-order valence-electron chi connectivity index (χ2n) is 8.07. The number of amides is 1.